The van der Waals surface area contributed by atoms with E-state index < -0.39 is 17.4 Å². The normalized spacial score (nSPS) is 20.3. The Bertz CT molecular complexity index is 586. The van der Waals surface area contributed by atoms with Crippen LogP contribution in [0.5, 0.6) is 5.88 Å². The van der Waals surface area contributed by atoms with Gasteiger partial charge in [0.1, 0.15) is 11.7 Å². The van der Waals surface area contributed by atoms with Gasteiger partial charge in [0.25, 0.3) is 5.91 Å². The number of amides is 1. The van der Waals surface area contributed by atoms with E-state index in [4.69, 9.17) is 4.74 Å². The highest BCUT2D eigenvalue weighted by atomic mass is 19.3. The monoisotopic (exact) mass is 326 g/mol. The van der Waals surface area contributed by atoms with E-state index in [9.17, 15) is 18.7 Å². The third kappa shape index (κ3) is 3.15. The van der Waals surface area contributed by atoms with Crippen molar-refractivity contribution in [3.8, 4) is 5.88 Å². The molecule has 2 saturated carbocycles. The fourth-order valence-corrected chi connectivity index (χ4v) is 2.61. The van der Waals surface area contributed by atoms with E-state index >= 15 is 0 Å². The summed E-state index contributed by atoms with van der Waals surface area (Å²) >= 11 is 0. The number of rotatable bonds is 6. The maximum atomic E-state index is 14.0. The van der Waals surface area contributed by atoms with Crippen LogP contribution in [-0.4, -0.2) is 33.6 Å². The minimum atomic E-state index is -3.77. The molecule has 7 heteroatoms. The number of aliphatic hydroxyl groups is 1. The van der Waals surface area contributed by atoms with E-state index in [1.54, 1.807) is 12.1 Å². The summed E-state index contributed by atoms with van der Waals surface area (Å²) in [4.78, 5) is 15.8. The van der Waals surface area contributed by atoms with Crippen LogP contribution in [0.25, 0.3) is 0 Å². The minimum Gasteiger partial charge on any atom is -0.474 e. The number of alkyl halides is 2. The van der Waals surface area contributed by atoms with E-state index in [-0.39, 0.29) is 25.5 Å². The molecule has 2 N–H and O–H groups in total. The first-order chi connectivity index (χ1) is 10.9. The minimum absolute atomic E-state index is 0.0535. The molecule has 2 aliphatic rings. The molecule has 3 rings (SSSR count). The average molecular weight is 326 g/mol. The molecule has 0 aromatic carbocycles. The molecule has 0 spiro atoms. The summed E-state index contributed by atoms with van der Waals surface area (Å²) < 4.78 is 33.5. The molecule has 1 heterocycles. The van der Waals surface area contributed by atoms with Crippen molar-refractivity contribution in [2.24, 2.45) is 0 Å². The zero-order valence-corrected chi connectivity index (χ0v) is 12.7. The summed E-state index contributed by atoms with van der Waals surface area (Å²) in [5, 5.41) is 11.9. The van der Waals surface area contributed by atoms with E-state index in [1.807, 2.05) is 0 Å². The van der Waals surface area contributed by atoms with Gasteiger partial charge in [-0.25, -0.2) is 4.98 Å². The number of aromatic nitrogens is 1. The Morgan fingerprint density at radius 3 is 2.74 bits per heavy atom. The summed E-state index contributed by atoms with van der Waals surface area (Å²) in [7, 11) is 0. The first-order valence-corrected chi connectivity index (χ1v) is 7.91. The summed E-state index contributed by atoms with van der Waals surface area (Å²) in [6.45, 7) is -0.0615. The van der Waals surface area contributed by atoms with Gasteiger partial charge in [-0.15, -0.1) is 0 Å². The SMILES string of the molecule is O=C(NCc1ccnc(OC2CCC2)c1)C(F)(F)C1(O)CCC1. The third-order valence-electron chi connectivity index (χ3n) is 4.64. The van der Waals surface area contributed by atoms with Crippen LogP contribution < -0.4 is 10.1 Å². The highest BCUT2D eigenvalue weighted by Crippen LogP contribution is 2.44. The van der Waals surface area contributed by atoms with Crippen LogP contribution in [0.4, 0.5) is 8.78 Å². The Morgan fingerprint density at radius 1 is 1.43 bits per heavy atom. The lowest BCUT2D eigenvalue weighted by atomic mass is 9.75. The molecule has 1 aromatic rings. The molecule has 1 aromatic heterocycles. The van der Waals surface area contributed by atoms with Crippen LogP contribution in [0, 0.1) is 0 Å². The van der Waals surface area contributed by atoms with Crippen LogP contribution >= 0.6 is 0 Å². The van der Waals surface area contributed by atoms with Gasteiger partial charge in [-0.1, -0.05) is 0 Å². The average Bonchev–Trinajstić information content (AvgIpc) is 2.46. The molecule has 126 valence electrons. The fourth-order valence-electron chi connectivity index (χ4n) is 2.61. The van der Waals surface area contributed by atoms with Gasteiger partial charge < -0.3 is 15.2 Å². The molecule has 2 fully saturated rings. The smallest absolute Gasteiger partial charge is 0.352 e. The van der Waals surface area contributed by atoms with E-state index in [2.05, 4.69) is 10.3 Å². The lowest BCUT2D eigenvalue weighted by Gasteiger charge is -2.41. The topological polar surface area (TPSA) is 71.5 Å². The third-order valence-corrected chi connectivity index (χ3v) is 4.64. The number of carbonyl (C=O) groups excluding carboxylic acids is 1. The number of nitrogens with zero attached hydrogens (tertiary/aromatic N) is 1. The maximum absolute atomic E-state index is 14.0. The fraction of sp³-hybridized carbons (Fsp3) is 0.625. The number of pyridine rings is 1. The zero-order chi connectivity index (χ0) is 16.5. The molecule has 0 saturated heterocycles. The van der Waals surface area contributed by atoms with Gasteiger partial charge in [0, 0.05) is 18.8 Å². The summed E-state index contributed by atoms with van der Waals surface area (Å²) in [5.74, 6) is -4.78. The number of hydrogen-bond donors (Lipinski definition) is 2. The van der Waals surface area contributed by atoms with Gasteiger partial charge in [0.2, 0.25) is 5.88 Å². The molecule has 0 atom stereocenters. The number of ether oxygens (including phenoxy) is 1. The Labute approximate surface area is 133 Å². The maximum Gasteiger partial charge on any atom is 0.352 e. The standard InChI is InChI=1S/C16H20F2N2O3/c17-16(18,15(22)6-2-7-15)14(21)20-10-11-5-8-19-13(9-11)23-12-3-1-4-12/h5,8-9,12,22H,1-4,6-7,10H2,(H,20,21). The second kappa shape index (κ2) is 6.03. The van der Waals surface area contributed by atoms with Crippen molar-refractivity contribution in [1.82, 2.24) is 10.3 Å². The molecule has 0 aliphatic heterocycles. The Morgan fingerprint density at radius 2 is 2.17 bits per heavy atom. The Kier molecular flexibility index (Phi) is 4.23. The van der Waals surface area contributed by atoms with E-state index in [0.717, 1.165) is 19.3 Å². The van der Waals surface area contributed by atoms with Crippen molar-refractivity contribution < 1.29 is 23.4 Å². The quantitative estimate of drug-likeness (QED) is 0.840. The van der Waals surface area contributed by atoms with Crippen LogP contribution in [0.3, 0.4) is 0 Å². The number of carbonyl (C=O) groups is 1. The van der Waals surface area contributed by atoms with Crippen molar-refractivity contribution >= 4 is 5.91 Å². The predicted octanol–water partition coefficient (Wildman–Crippen LogP) is 2.18. The number of nitrogens with one attached hydrogen (secondary N) is 1. The molecule has 0 unspecified atom stereocenters. The van der Waals surface area contributed by atoms with Crippen LogP contribution in [0.2, 0.25) is 0 Å². The molecule has 2 aliphatic carbocycles. The van der Waals surface area contributed by atoms with Crippen molar-refractivity contribution in [2.75, 3.05) is 0 Å². The molecule has 1 amide bonds. The predicted molar refractivity (Wildman–Crippen MR) is 78.1 cm³/mol. The van der Waals surface area contributed by atoms with Crippen LogP contribution in [0.15, 0.2) is 18.3 Å². The van der Waals surface area contributed by atoms with Crippen LogP contribution in [-0.2, 0) is 11.3 Å². The lowest BCUT2D eigenvalue weighted by Crippen LogP contribution is -2.60. The van der Waals surface area contributed by atoms with Gasteiger partial charge >= 0.3 is 5.92 Å². The van der Waals surface area contributed by atoms with Crippen LogP contribution in [0.1, 0.15) is 44.1 Å². The first-order valence-electron chi connectivity index (χ1n) is 7.91. The molecular weight excluding hydrogens is 306 g/mol. The molecule has 0 bridgehead atoms. The van der Waals surface area contributed by atoms with Gasteiger partial charge in [-0.05, 0) is 50.2 Å². The van der Waals surface area contributed by atoms with Crippen molar-refractivity contribution in [3.05, 3.63) is 23.9 Å². The largest absolute Gasteiger partial charge is 0.474 e. The summed E-state index contributed by atoms with van der Waals surface area (Å²) in [6, 6.07) is 3.26. The van der Waals surface area contributed by atoms with Gasteiger partial charge in [0.15, 0.2) is 0 Å². The molecule has 0 radical (unpaired) electrons. The highest BCUT2D eigenvalue weighted by molar-refractivity contribution is 5.85. The van der Waals surface area contributed by atoms with Crippen molar-refractivity contribution in [1.29, 1.82) is 0 Å². The van der Waals surface area contributed by atoms with Gasteiger partial charge in [-0.3, -0.25) is 4.79 Å². The van der Waals surface area contributed by atoms with E-state index in [1.165, 1.54) is 6.20 Å². The lowest BCUT2D eigenvalue weighted by molar-refractivity contribution is -0.216. The van der Waals surface area contributed by atoms with Gasteiger partial charge in [0.05, 0.1) is 0 Å². The Hall–Kier alpha value is -1.76. The second-order valence-electron chi connectivity index (χ2n) is 6.32. The summed E-state index contributed by atoms with van der Waals surface area (Å²) in [5.41, 5.74) is -1.58. The van der Waals surface area contributed by atoms with E-state index in [0.29, 0.717) is 17.9 Å². The van der Waals surface area contributed by atoms with Crippen molar-refractivity contribution in [2.45, 2.75) is 62.7 Å². The number of halogens is 2. The summed E-state index contributed by atoms with van der Waals surface area (Å²) in [6.07, 6.45) is 5.21. The molecular formula is C16H20F2N2O3. The molecule has 23 heavy (non-hydrogen) atoms. The number of hydrogen-bond acceptors (Lipinski definition) is 4. The zero-order valence-electron chi connectivity index (χ0n) is 12.7. The highest BCUT2D eigenvalue weighted by Gasteiger charge is 2.61. The Balaban J connectivity index is 1.57. The second-order valence-corrected chi connectivity index (χ2v) is 6.32. The van der Waals surface area contributed by atoms with Crippen molar-refractivity contribution in [3.63, 3.8) is 0 Å². The first kappa shape index (κ1) is 16.1. The molecule has 5 nitrogen and oxygen atoms in total. The van der Waals surface area contributed by atoms with Gasteiger partial charge in [-0.2, -0.15) is 8.78 Å².